The van der Waals surface area contributed by atoms with Crippen LogP contribution in [0.25, 0.3) is 11.1 Å². The molecule has 0 bridgehead atoms. The van der Waals surface area contributed by atoms with Crippen molar-refractivity contribution in [1.29, 1.82) is 0 Å². The molecule has 0 spiro atoms. The molecule has 0 heterocycles. The van der Waals surface area contributed by atoms with Crippen LogP contribution in [0.15, 0.2) is 59.7 Å². The Kier molecular flexibility index (Phi) is 9.93. The molecule has 2 heteroatoms. The van der Waals surface area contributed by atoms with Crippen LogP contribution in [0, 0.1) is 0 Å². The van der Waals surface area contributed by atoms with Crippen molar-refractivity contribution >= 4 is 21.8 Å². The van der Waals surface area contributed by atoms with E-state index in [4.69, 9.17) is 0 Å². The third kappa shape index (κ3) is 4.99. The molecule has 0 amide bonds. The molecule has 2 aromatic rings. The van der Waals surface area contributed by atoms with Gasteiger partial charge in [-0.05, 0) is 0 Å². The molecule has 2 atom stereocenters. The maximum atomic E-state index is 3.00. The molecule has 4 rings (SSSR count). The Morgan fingerprint density at radius 1 is 0.579 bits per heavy atom. The van der Waals surface area contributed by atoms with Gasteiger partial charge in [-0.3, -0.25) is 0 Å². The van der Waals surface area contributed by atoms with Crippen molar-refractivity contribution in [2.75, 3.05) is 0 Å². The van der Waals surface area contributed by atoms with E-state index in [9.17, 15) is 0 Å². The number of unbranched alkanes of at least 4 members (excludes halogenated alkanes) is 2. The van der Waals surface area contributed by atoms with Gasteiger partial charge in [0.2, 0.25) is 0 Å². The van der Waals surface area contributed by atoms with E-state index >= 15 is 0 Å². The maximum absolute atomic E-state index is 3.69. The number of hydrogen-bond donors (Lipinski definition) is 0. The zero-order chi connectivity index (χ0) is 27.5. The molecule has 0 N–H and O–H groups in total. The SMILES string of the molecule is CCCCC1=C(CCC)[CH]([Hf]([CH3])([CH3])([CH]2C(CCC)=C(CCCC)c3ccccc32)[GeH]([CH3])[CH3])c2ccccc21. The summed E-state index contributed by atoms with van der Waals surface area (Å²) >= 11 is -3.69. The van der Waals surface area contributed by atoms with Crippen molar-refractivity contribution in [3.05, 3.63) is 81.9 Å². The fraction of sp³-hybridized carbons (Fsp3) is 0.556. The molecule has 0 radical (unpaired) electrons. The first-order chi connectivity index (χ1) is 18.3. The Morgan fingerprint density at radius 3 is 1.32 bits per heavy atom. The zero-order valence-electron chi connectivity index (χ0n) is 25.9. The number of rotatable bonds is 13. The Morgan fingerprint density at radius 2 is 0.974 bits per heavy atom. The van der Waals surface area contributed by atoms with Crippen molar-refractivity contribution in [3.8, 4) is 0 Å². The fourth-order valence-corrected chi connectivity index (χ4v) is 69.5. The van der Waals surface area contributed by atoms with E-state index in [1.54, 1.807) is 33.4 Å². The minimum absolute atomic E-state index is 0.741. The van der Waals surface area contributed by atoms with Gasteiger partial charge < -0.3 is 0 Å². The normalized spacial score (nSPS) is 20.2. The molecule has 0 fully saturated rings. The summed E-state index contributed by atoms with van der Waals surface area (Å²) < 4.78 is 7.49. The summed E-state index contributed by atoms with van der Waals surface area (Å²) in [5, 5.41) is 0. The fourth-order valence-electron chi connectivity index (χ4n) is 8.46. The summed E-state index contributed by atoms with van der Waals surface area (Å²) in [6, 6.07) is 19.5. The van der Waals surface area contributed by atoms with E-state index in [1.807, 2.05) is 11.1 Å². The molecule has 0 aliphatic heterocycles. The molecular weight excluding hydrogens is 683 g/mol. The van der Waals surface area contributed by atoms with Gasteiger partial charge in [0.25, 0.3) is 0 Å². The van der Waals surface area contributed by atoms with Crippen molar-refractivity contribution in [1.82, 2.24) is 0 Å². The molecule has 2 aliphatic rings. The van der Waals surface area contributed by atoms with Gasteiger partial charge in [-0.15, -0.1) is 0 Å². The molecule has 2 aliphatic carbocycles. The van der Waals surface area contributed by atoms with Crippen LogP contribution in [-0.2, 0) is 16.0 Å². The Balaban J connectivity index is 2.05. The Labute approximate surface area is 238 Å². The van der Waals surface area contributed by atoms with Crippen molar-refractivity contribution < 1.29 is 16.0 Å². The molecule has 2 aromatic carbocycles. The summed E-state index contributed by atoms with van der Waals surface area (Å²) in [4.78, 5) is 0. The second-order valence-corrected chi connectivity index (χ2v) is 95.1. The van der Waals surface area contributed by atoms with Crippen LogP contribution in [0.1, 0.15) is 122 Å². The topological polar surface area (TPSA) is 0 Å². The van der Waals surface area contributed by atoms with Crippen LogP contribution in [0.2, 0.25) is 20.9 Å². The number of hydrogen-bond acceptors (Lipinski definition) is 0. The number of benzene rings is 2. The van der Waals surface area contributed by atoms with Crippen molar-refractivity contribution in [2.45, 2.75) is 120 Å². The summed E-state index contributed by atoms with van der Waals surface area (Å²) in [7, 11) is -1.64. The third-order valence-corrected chi connectivity index (χ3v) is 116. The molecule has 0 nitrogen and oxygen atoms in total. The Hall–Kier alpha value is -0.667. The predicted octanol–water partition coefficient (Wildman–Crippen LogP) is 11.8. The molecule has 207 valence electrons. The average molecular weight is 739 g/mol. The second kappa shape index (κ2) is 12.5. The first-order valence-corrected chi connectivity index (χ1v) is 44.2. The van der Waals surface area contributed by atoms with Crippen LogP contribution in [0.3, 0.4) is 0 Å². The summed E-state index contributed by atoms with van der Waals surface area (Å²) in [6.45, 7) is 9.58. The van der Waals surface area contributed by atoms with Gasteiger partial charge in [0.15, 0.2) is 0 Å². The van der Waals surface area contributed by atoms with Gasteiger partial charge in [0.05, 0.1) is 0 Å². The van der Waals surface area contributed by atoms with Gasteiger partial charge in [-0.25, -0.2) is 0 Å². The van der Waals surface area contributed by atoms with Crippen LogP contribution < -0.4 is 0 Å². The minimum atomic E-state index is -3.69. The van der Waals surface area contributed by atoms with E-state index in [1.165, 1.54) is 64.2 Å². The van der Waals surface area contributed by atoms with Gasteiger partial charge in [0, 0.05) is 0 Å². The molecule has 38 heavy (non-hydrogen) atoms. The molecule has 0 aromatic heterocycles. The van der Waals surface area contributed by atoms with Crippen molar-refractivity contribution in [2.24, 2.45) is 0 Å². The van der Waals surface area contributed by atoms with Crippen molar-refractivity contribution in [3.63, 3.8) is 0 Å². The van der Waals surface area contributed by atoms with Crippen LogP contribution in [0.4, 0.5) is 0 Å². The van der Waals surface area contributed by atoms with Gasteiger partial charge in [-0.2, -0.15) is 0 Å². The van der Waals surface area contributed by atoms with Crippen LogP contribution in [0.5, 0.6) is 0 Å². The first kappa shape index (κ1) is 30.3. The molecule has 2 unspecified atom stereocenters. The summed E-state index contributed by atoms with van der Waals surface area (Å²) in [6.07, 6.45) is 12.9. The number of fused-ring (bicyclic) bond motifs is 2. The predicted molar refractivity (Wildman–Crippen MR) is 172 cm³/mol. The second-order valence-electron chi connectivity index (χ2n) is 13.6. The molecule has 0 saturated heterocycles. The Bertz CT molecular complexity index is 1110. The van der Waals surface area contributed by atoms with E-state index in [0.29, 0.717) is 0 Å². The average Bonchev–Trinajstić information content (AvgIpc) is 3.39. The number of allylic oxidation sites excluding steroid dienone is 4. The molecule has 0 saturated carbocycles. The monoisotopic (exact) mass is 741 g/mol. The standard InChI is InChI=1S/2C16H21.C2H7Ge.2CH3.Hf/c2*1-3-5-10-15-13(8-4-2)12-14-9-6-7-11-16(14)15;1-3-2;;;/h2*6-7,9,11-12H,3-5,8,10H2,1-2H3;3H,1-2H3;2*1H3;. The molecular formula is C36H55GeHf. The summed E-state index contributed by atoms with van der Waals surface area (Å²) in [5.41, 5.74) is 14.1. The van der Waals surface area contributed by atoms with Gasteiger partial charge in [-0.1, -0.05) is 0 Å². The third-order valence-electron chi connectivity index (χ3n) is 10.9. The zero-order valence-corrected chi connectivity index (χ0v) is 31.9. The van der Waals surface area contributed by atoms with E-state index in [2.05, 4.69) is 97.1 Å². The van der Waals surface area contributed by atoms with E-state index in [-0.39, 0.29) is 0 Å². The van der Waals surface area contributed by atoms with E-state index in [0.717, 1.165) is 7.35 Å². The van der Waals surface area contributed by atoms with E-state index < -0.39 is 26.7 Å². The van der Waals surface area contributed by atoms with Gasteiger partial charge >= 0.3 is 240 Å². The van der Waals surface area contributed by atoms with Crippen LogP contribution >= 0.6 is 0 Å². The van der Waals surface area contributed by atoms with Crippen LogP contribution in [-0.4, -0.2) is 10.6 Å². The van der Waals surface area contributed by atoms with Gasteiger partial charge in [0.1, 0.15) is 0 Å². The first-order valence-electron chi connectivity index (χ1n) is 16.1. The quantitative estimate of drug-likeness (QED) is 0.180. The summed E-state index contributed by atoms with van der Waals surface area (Å²) in [5.74, 6) is 5.63.